The first-order chi connectivity index (χ1) is 3.39. The third kappa shape index (κ3) is 1.48. The normalized spacial score (nSPS) is 29.6. The van der Waals surface area contributed by atoms with Crippen LogP contribution in [0.4, 0.5) is 0 Å². The zero-order valence-corrected chi connectivity index (χ0v) is 5.37. The van der Waals surface area contributed by atoms with Crippen LogP contribution in [0.5, 0.6) is 0 Å². The van der Waals surface area contributed by atoms with E-state index in [0.717, 1.165) is 0 Å². The van der Waals surface area contributed by atoms with Crippen LogP contribution in [0.2, 0.25) is 0 Å². The lowest BCUT2D eigenvalue weighted by Crippen LogP contribution is -1.77. The van der Waals surface area contributed by atoms with Gasteiger partial charge in [-0.2, -0.15) is 10.5 Å². The van der Waals surface area contributed by atoms with Gasteiger partial charge in [-0.15, -0.1) is 0 Å². The van der Waals surface area contributed by atoms with Gasteiger partial charge in [0, 0.05) is 0 Å². The van der Waals surface area contributed by atoms with Crippen molar-refractivity contribution in [2.24, 2.45) is 0 Å². The number of hydrogen-bond acceptors (Lipinski definition) is 0. The van der Waals surface area contributed by atoms with Crippen LogP contribution in [-0.2, 0) is 0 Å². The molecular formula is C6H10S. The Kier molecular flexibility index (Phi) is 1.69. The predicted octanol–water partition coefficient (Wildman–Crippen LogP) is 1.99. The fourth-order valence-corrected chi connectivity index (χ4v) is 1.68. The summed E-state index contributed by atoms with van der Waals surface area (Å²) in [5.41, 5.74) is 0. The van der Waals surface area contributed by atoms with Crippen LogP contribution < -0.4 is 0 Å². The van der Waals surface area contributed by atoms with Crippen molar-refractivity contribution in [3.05, 3.63) is 11.5 Å². The molecule has 0 aromatic carbocycles. The molecule has 0 bridgehead atoms. The van der Waals surface area contributed by atoms with Gasteiger partial charge in [0.2, 0.25) is 0 Å². The van der Waals surface area contributed by atoms with Crippen LogP contribution in [0.25, 0.3) is 0 Å². The molecular weight excluding hydrogens is 104 g/mol. The molecule has 0 nitrogen and oxygen atoms in total. The summed E-state index contributed by atoms with van der Waals surface area (Å²) in [7, 11) is 0.504. The molecule has 1 heterocycles. The standard InChI is InChI=1S/C6H10S/c1-7-5-3-2-4-6-7/h3,5-6H,2,4H2,1H3. The molecule has 0 aromatic heterocycles. The maximum atomic E-state index is 2.38. The second-order valence-corrected chi connectivity index (χ2v) is 3.54. The van der Waals surface area contributed by atoms with Crippen molar-refractivity contribution in [3.63, 3.8) is 0 Å². The fourth-order valence-electron chi connectivity index (χ4n) is 0.626. The summed E-state index contributed by atoms with van der Waals surface area (Å²) in [6, 6.07) is 0. The van der Waals surface area contributed by atoms with Gasteiger partial charge in [-0.3, -0.25) is 0 Å². The minimum atomic E-state index is 0.504. The topological polar surface area (TPSA) is 0 Å². The summed E-state index contributed by atoms with van der Waals surface area (Å²) in [5, 5.41) is 4.66. The largest absolute Gasteiger partial charge is 0.170 e. The van der Waals surface area contributed by atoms with Gasteiger partial charge in [0.25, 0.3) is 0 Å². The average Bonchev–Trinajstić information content (AvgIpc) is 1.69. The van der Waals surface area contributed by atoms with Crippen LogP contribution in [-0.4, -0.2) is 11.6 Å². The Morgan fingerprint density at radius 2 is 2.29 bits per heavy atom. The lowest BCUT2D eigenvalue weighted by atomic mass is 10.3. The van der Waals surface area contributed by atoms with Gasteiger partial charge in [0.05, 0.1) is 0 Å². The molecule has 0 radical (unpaired) electrons. The second kappa shape index (κ2) is 2.31. The van der Waals surface area contributed by atoms with Gasteiger partial charge in [0.15, 0.2) is 0 Å². The second-order valence-electron chi connectivity index (χ2n) is 1.72. The van der Waals surface area contributed by atoms with E-state index in [4.69, 9.17) is 0 Å². The molecule has 7 heavy (non-hydrogen) atoms. The van der Waals surface area contributed by atoms with Gasteiger partial charge in [-0.25, -0.2) is 0 Å². The van der Waals surface area contributed by atoms with Crippen LogP contribution >= 0.6 is 10.5 Å². The van der Waals surface area contributed by atoms with Crippen molar-refractivity contribution in [2.45, 2.75) is 12.8 Å². The Balaban J connectivity index is 2.58. The quantitative estimate of drug-likeness (QED) is 0.422. The molecule has 1 rings (SSSR count). The van der Waals surface area contributed by atoms with Crippen molar-refractivity contribution in [1.29, 1.82) is 0 Å². The van der Waals surface area contributed by atoms with Crippen LogP contribution in [0.15, 0.2) is 11.5 Å². The summed E-state index contributed by atoms with van der Waals surface area (Å²) in [5.74, 6) is 0. The number of hydrogen-bond donors (Lipinski definition) is 0. The van der Waals surface area contributed by atoms with E-state index in [2.05, 4.69) is 23.1 Å². The molecule has 1 heteroatoms. The SMILES string of the molecule is CS1=CCCC=C1. The molecule has 0 saturated heterocycles. The van der Waals surface area contributed by atoms with Gasteiger partial charge in [-0.1, -0.05) is 11.4 Å². The van der Waals surface area contributed by atoms with Crippen molar-refractivity contribution >= 4 is 15.9 Å². The fraction of sp³-hybridized carbons (Fsp3) is 0.500. The van der Waals surface area contributed by atoms with Crippen molar-refractivity contribution in [1.82, 2.24) is 0 Å². The first-order valence-corrected chi connectivity index (χ1v) is 4.29. The van der Waals surface area contributed by atoms with E-state index in [-0.39, 0.29) is 0 Å². The zero-order chi connectivity index (χ0) is 5.11. The summed E-state index contributed by atoms with van der Waals surface area (Å²) in [6.07, 6.45) is 7.06. The molecule has 0 fully saturated rings. The van der Waals surface area contributed by atoms with Crippen LogP contribution in [0.3, 0.4) is 0 Å². The summed E-state index contributed by atoms with van der Waals surface area (Å²) < 4.78 is 0. The van der Waals surface area contributed by atoms with Crippen molar-refractivity contribution in [2.75, 3.05) is 6.26 Å². The molecule has 0 saturated carbocycles. The first kappa shape index (κ1) is 5.10. The Morgan fingerprint density at radius 1 is 1.43 bits per heavy atom. The molecule has 0 spiro atoms. The minimum Gasteiger partial charge on any atom is -0.170 e. The first-order valence-electron chi connectivity index (χ1n) is 2.53. The number of allylic oxidation sites excluding steroid dienone is 1. The Bertz CT molecular complexity index is 111. The lowest BCUT2D eigenvalue weighted by Gasteiger charge is -1.98. The third-order valence-corrected chi connectivity index (χ3v) is 2.41. The van der Waals surface area contributed by atoms with Crippen LogP contribution in [0.1, 0.15) is 12.8 Å². The van der Waals surface area contributed by atoms with E-state index in [1.165, 1.54) is 12.8 Å². The summed E-state index contributed by atoms with van der Waals surface area (Å²) in [4.78, 5) is 0. The van der Waals surface area contributed by atoms with Gasteiger partial charge >= 0.3 is 0 Å². The highest BCUT2D eigenvalue weighted by Gasteiger charge is 1.85. The Morgan fingerprint density at radius 3 is 2.57 bits per heavy atom. The van der Waals surface area contributed by atoms with E-state index >= 15 is 0 Å². The lowest BCUT2D eigenvalue weighted by molar-refractivity contribution is 1.13. The Labute approximate surface area is 47.2 Å². The van der Waals surface area contributed by atoms with Gasteiger partial charge in [0.1, 0.15) is 0 Å². The molecule has 0 amide bonds. The molecule has 1 aliphatic rings. The molecule has 1 unspecified atom stereocenters. The van der Waals surface area contributed by atoms with Crippen molar-refractivity contribution < 1.29 is 0 Å². The summed E-state index contributed by atoms with van der Waals surface area (Å²) in [6.45, 7) is 0. The zero-order valence-electron chi connectivity index (χ0n) is 4.55. The smallest absolute Gasteiger partial charge is 0.0199 e. The van der Waals surface area contributed by atoms with E-state index in [1.54, 1.807) is 0 Å². The van der Waals surface area contributed by atoms with Gasteiger partial charge < -0.3 is 0 Å². The molecule has 0 aliphatic carbocycles. The third-order valence-electron chi connectivity index (χ3n) is 1.02. The molecule has 1 atom stereocenters. The molecule has 40 valence electrons. The maximum absolute atomic E-state index is 2.38. The van der Waals surface area contributed by atoms with Crippen molar-refractivity contribution in [3.8, 4) is 0 Å². The van der Waals surface area contributed by atoms with E-state index in [1.807, 2.05) is 0 Å². The molecule has 0 N–H and O–H groups in total. The summed E-state index contributed by atoms with van der Waals surface area (Å²) >= 11 is 0. The van der Waals surface area contributed by atoms with Gasteiger partial charge in [-0.05, 0) is 24.5 Å². The van der Waals surface area contributed by atoms with E-state index in [0.29, 0.717) is 10.5 Å². The highest BCUT2D eigenvalue weighted by atomic mass is 32.2. The predicted molar refractivity (Wildman–Crippen MR) is 38.0 cm³/mol. The highest BCUT2D eigenvalue weighted by molar-refractivity contribution is 8.17. The Hall–Kier alpha value is -0.0400. The van der Waals surface area contributed by atoms with E-state index < -0.39 is 0 Å². The number of rotatable bonds is 0. The minimum absolute atomic E-state index is 0.504. The van der Waals surface area contributed by atoms with E-state index in [9.17, 15) is 0 Å². The monoisotopic (exact) mass is 114 g/mol. The highest BCUT2D eigenvalue weighted by Crippen LogP contribution is 2.13. The molecule has 1 aliphatic heterocycles. The molecule has 0 aromatic rings. The van der Waals surface area contributed by atoms with Crippen LogP contribution in [0, 0.1) is 0 Å². The average molecular weight is 114 g/mol. The maximum Gasteiger partial charge on any atom is -0.0199 e.